The predicted molar refractivity (Wildman–Crippen MR) is 85.3 cm³/mol. The third kappa shape index (κ3) is 4.78. The molecule has 0 aliphatic heterocycles. The maximum Gasteiger partial charge on any atom is 0.253 e. The molecule has 3 nitrogen and oxygen atoms in total. The van der Waals surface area contributed by atoms with E-state index in [9.17, 15) is 4.79 Å². The van der Waals surface area contributed by atoms with E-state index in [1.807, 2.05) is 32.0 Å². The minimum absolute atomic E-state index is 0.0144. The second kappa shape index (κ2) is 8.10. The summed E-state index contributed by atoms with van der Waals surface area (Å²) in [4.78, 5) is 12.4. The van der Waals surface area contributed by atoms with Gasteiger partial charge in [-0.25, -0.2) is 0 Å². The van der Waals surface area contributed by atoms with E-state index in [1.54, 1.807) is 11.8 Å². The topological polar surface area (TPSA) is 41.1 Å². The summed E-state index contributed by atoms with van der Waals surface area (Å²) in [5.74, 6) is 0.963. The minimum atomic E-state index is 0.0144. The van der Waals surface area contributed by atoms with Crippen LogP contribution in [0.5, 0.6) is 0 Å². The quantitative estimate of drug-likeness (QED) is 0.805. The first-order chi connectivity index (χ1) is 9.12. The summed E-state index contributed by atoms with van der Waals surface area (Å²) in [6.45, 7) is 6.95. The van der Waals surface area contributed by atoms with Crippen molar-refractivity contribution in [1.82, 2.24) is 5.32 Å². The molecule has 1 rings (SSSR count). The number of hydrogen-bond donors (Lipinski definition) is 2. The molecule has 106 valence electrons. The Labute approximate surface area is 120 Å². The average Bonchev–Trinajstić information content (AvgIpc) is 2.40. The van der Waals surface area contributed by atoms with Crippen LogP contribution >= 0.6 is 11.8 Å². The molecule has 0 fully saturated rings. The van der Waals surface area contributed by atoms with Crippen LogP contribution in [0, 0.1) is 6.92 Å². The Kier molecular flexibility index (Phi) is 6.78. The van der Waals surface area contributed by atoms with Gasteiger partial charge >= 0.3 is 0 Å². The molecule has 0 saturated heterocycles. The van der Waals surface area contributed by atoms with Crippen LogP contribution < -0.4 is 10.6 Å². The van der Waals surface area contributed by atoms with Crippen LogP contribution in [0.2, 0.25) is 0 Å². The second-order valence-electron chi connectivity index (χ2n) is 4.61. The predicted octanol–water partition coefficient (Wildman–Crippen LogP) is 3.30. The summed E-state index contributed by atoms with van der Waals surface area (Å²) in [5.41, 5.74) is 2.75. The number of amides is 1. The SMILES string of the molecule is CCNc1ccc(C)cc1C(=O)NC(CC)CSC. The fourth-order valence-corrected chi connectivity index (χ4v) is 2.64. The number of benzene rings is 1. The Bertz CT molecular complexity index is 421. The van der Waals surface area contributed by atoms with Crippen LogP contribution in [0.25, 0.3) is 0 Å². The van der Waals surface area contributed by atoms with Crippen molar-refractivity contribution < 1.29 is 4.79 Å². The van der Waals surface area contributed by atoms with Gasteiger partial charge in [-0.15, -0.1) is 0 Å². The average molecular weight is 280 g/mol. The van der Waals surface area contributed by atoms with Gasteiger partial charge in [0.1, 0.15) is 0 Å². The molecule has 0 spiro atoms. The lowest BCUT2D eigenvalue weighted by Gasteiger charge is -2.18. The first-order valence-electron chi connectivity index (χ1n) is 6.76. The molecule has 1 atom stereocenters. The first kappa shape index (κ1) is 15.9. The number of rotatable bonds is 7. The van der Waals surface area contributed by atoms with Crippen molar-refractivity contribution in [2.45, 2.75) is 33.2 Å². The number of anilines is 1. The molecule has 19 heavy (non-hydrogen) atoms. The Hall–Kier alpha value is -1.16. The van der Waals surface area contributed by atoms with Gasteiger partial charge in [0.25, 0.3) is 5.91 Å². The standard InChI is InChI=1S/C15H24N2OS/c1-5-12(10-19-4)17-15(18)13-9-11(3)7-8-14(13)16-6-2/h7-9,12,16H,5-6,10H2,1-4H3,(H,17,18). The summed E-state index contributed by atoms with van der Waals surface area (Å²) in [7, 11) is 0. The number of aryl methyl sites for hydroxylation is 1. The van der Waals surface area contributed by atoms with E-state index in [4.69, 9.17) is 0 Å². The lowest BCUT2D eigenvalue weighted by molar-refractivity contribution is 0.0941. The van der Waals surface area contributed by atoms with Crippen molar-refractivity contribution in [3.63, 3.8) is 0 Å². The molecular weight excluding hydrogens is 256 g/mol. The van der Waals surface area contributed by atoms with E-state index in [-0.39, 0.29) is 11.9 Å². The highest BCUT2D eigenvalue weighted by molar-refractivity contribution is 7.98. The normalized spacial score (nSPS) is 12.0. The van der Waals surface area contributed by atoms with Crippen LogP contribution in [0.4, 0.5) is 5.69 Å². The van der Waals surface area contributed by atoms with Crippen molar-refractivity contribution in [2.24, 2.45) is 0 Å². The Morgan fingerprint density at radius 2 is 2.11 bits per heavy atom. The third-order valence-corrected chi connectivity index (χ3v) is 3.72. The maximum absolute atomic E-state index is 12.4. The van der Waals surface area contributed by atoms with Gasteiger partial charge in [0.15, 0.2) is 0 Å². The Morgan fingerprint density at radius 1 is 1.37 bits per heavy atom. The lowest BCUT2D eigenvalue weighted by Crippen LogP contribution is -2.36. The molecule has 1 unspecified atom stereocenters. The lowest BCUT2D eigenvalue weighted by atomic mass is 10.1. The van der Waals surface area contributed by atoms with E-state index in [2.05, 4.69) is 23.8 Å². The Morgan fingerprint density at radius 3 is 2.68 bits per heavy atom. The van der Waals surface area contributed by atoms with Gasteiger partial charge in [0.05, 0.1) is 5.56 Å². The summed E-state index contributed by atoms with van der Waals surface area (Å²) >= 11 is 1.76. The van der Waals surface area contributed by atoms with E-state index < -0.39 is 0 Å². The zero-order valence-electron chi connectivity index (χ0n) is 12.2. The van der Waals surface area contributed by atoms with Crippen LogP contribution in [0.1, 0.15) is 36.2 Å². The van der Waals surface area contributed by atoms with Crippen LogP contribution in [-0.4, -0.2) is 30.5 Å². The van der Waals surface area contributed by atoms with Crippen LogP contribution in [-0.2, 0) is 0 Å². The van der Waals surface area contributed by atoms with Crippen molar-refractivity contribution in [1.29, 1.82) is 0 Å². The molecule has 0 aliphatic carbocycles. The molecule has 0 saturated carbocycles. The number of hydrogen-bond acceptors (Lipinski definition) is 3. The van der Waals surface area contributed by atoms with E-state index in [0.717, 1.165) is 35.5 Å². The van der Waals surface area contributed by atoms with Gasteiger partial charge in [-0.1, -0.05) is 18.6 Å². The monoisotopic (exact) mass is 280 g/mol. The summed E-state index contributed by atoms with van der Waals surface area (Å²) in [6, 6.07) is 6.17. The number of carbonyl (C=O) groups is 1. The van der Waals surface area contributed by atoms with Crippen molar-refractivity contribution in [3.05, 3.63) is 29.3 Å². The molecule has 0 aromatic heterocycles. The molecule has 1 amide bonds. The zero-order chi connectivity index (χ0) is 14.3. The van der Waals surface area contributed by atoms with Gasteiger partial charge in [-0.05, 0) is 38.7 Å². The molecule has 1 aromatic rings. The summed E-state index contributed by atoms with van der Waals surface area (Å²) < 4.78 is 0. The summed E-state index contributed by atoms with van der Waals surface area (Å²) in [6.07, 6.45) is 3.01. The summed E-state index contributed by atoms with van der Waals surface area (Å²) in [5, 5.41) is 6.35. The fraction of sp³-hybridized carbons (Fsp3) is 0.533. The van der Waals surface area contributed by atoms with Crippen LogP contribution in [0.3, 0.4) is 0 Å². The van der Waals surface area contributed by atoms with Crippen molar-refractivity contribution in [3.8, 4) is 0 Å². The van der Waals surface area contributed by atoms with Gasteiger partial charge in [-0.3, -0.25) is 4.79 Å². The van der Waals surface area contributed by atoms with Gasteiger partial charge in [0.2, 0.25) is 0 Å². The van der Waals surface area contributed by atoms with Crippen molar-refractivity contribution in [2.75, 3.05) is 23.9 Å². The molecular formula is C15H24N2OS. The molecule has 1 aromatic carbocycles. The Balaban J connectivity index is 2.87. The maximum atomic E-state index is 12.4. The first-order valence-corrected chi connectivity index (χ1v) is 8.16. The fourth-order valence-electron chi connectivity index (χ4n) is 1.92. The van der Waals surface area contributed by atoms with Crippen molar-refractivity contribution >= 4 is 23.4 Å². The van der Waals surface area contributed by atoms with Crippen LogP contribution in [0.15, 0.2) is 18.2 Å². The smallest absolute Gasteiger partial charge is 0.253 e. The molecule has 0 heterocycles. The molecule has 2 N–H and O–H groups in total. The second-order valence-corrected chi connectivity index (χ2v) is 5.52. The largest absolute Gasteiger partial charge is 0.385 e. The molecule has 0 radical (unpaired) electrons. The highest BCUT2D eigenvalue weighted by atomic mass is 32.2. The van der Waals surface area contributed by atoms with E-state index in [1.165, 1.54) is 0 Å². The number of carbonyl (C=O) groups excluding carboxylic acids is 1. The number of thioether (sulfide) groups is 1. The minimum Gasteiger partial charge on any atom is -0.385 e. The highest BCUT2D eigenvalue weighted by Crippen LogP contribution is 2.17. The number of nitrogens with one attached hydrogen (secondary N) is 2. The van der Waals surface area contributed by atoms with E-state index in [0.29, 0.717) is 0 Å². The highest BCUT2D eigenvalue weighted by Gasteiger charge is 2.15. The molecule has 4 heteroatoms. The molecule has 0 aliphatic rings. The third-order valence-electron chi connectivity index (χ3n) is 2.98. The van der Waals surface area contributed by atoms with Gasteiger partial charge in [0, 0.05) is 24.0 Å². The van der Waals surface area contributed by atoms with Gasteiger partial charge in [-0.2, -0.15) is 11.8 Å². The molecule has 0 bridgehead atoms. The zero-order valence-corrected chi connectivity index (χ0v) is 13.1. The van der Waals surface area contributed by atoms with Gasteiger partial charge < -0.3 is 10.6 Å². The van der Waals surface area contributed by atoms with E-state index >= 15 is 0 Å².